The first-order chi connectivity index (χ1) is 18.4. The first-order valence-electron chi connectivity index (χ1n) is 11.5. The van der Waals surface area contributed by atoms with Crippen LogP contribution in [0.3, 0.4) is 0 Å². The summed E-state index contributed by atoms with van der Waals surface area (Å²) in [6.07, 6.45) is 1.39. The first-order valence-corrected chi connectivity index (χ1v) is 12.7. The SMILES string of the molecule is CCOc1cc(/C=C2\C(=O)NC(=S)N(c3ccccc3F)C2=O)cc(Br)c1OCc1ccc2c(c1)OCO2. The van der Waals surface area contributed by atoms with Crippen LogP contribution in [0.25, 0.3) is 6.08 Å². The van der Waals surface area contributed by atoms with E-state index in [2.05, 4.69) is 21.2 Å². The molecular formula is C27H20BrFN2O6S. The van der Waals surface area contributed by atoms with Crippen molar-refractivity contribution in [3.8, 4) is 23.0 Å². The molecule has 0 saturated carbocycles. The molecule has 11 heteroatoms. The number of ether oxygens (including phenoxy) is 4. The van der Waals surface area contributed by atoms with Crippen LogP contribution in [0.2, 0.25) is 0 Å². The Morgan fingerprint density at radius 2 is 1.89 bits per heavy atom. The predicted octanol–water partition coefficient (Wildman–Crippen LogP) is 5.13. The molecule has 2 amide bonds. The molecule has 8 nitrogen and oxygen atoms in total. The van der Waals surface area contributed by atoms with Gasteiger partial charge in [-0.2, -0.15) is 0 Å². The van der Waals surface area contributed by atoms with Crippen LogP contribution >= 0.6 is 28.1 Å². The molecule has 2 heterocycles. The minimum Gasteiger partial charge on any atom is -0.490 e. The van der Waals surface area contributed by atoms with Crippen LogP contribution in [0.1, 0.15) is 18.1 Å². The van der Waals surface area contributed by atoms with Crippen molar-refractivity contribution < 1.29 is 32.9 Å². The second-order valence-electron chi connectivity index (χ2n) is 8.15. The van der Waals surface area contributed by atoms with Gasteiger partial charge in [0.2, 0.25) is 6.79 Å². The first kappa shape index (κ1) is 25.7. The topological polar surface area (TPSA) is 86.3 Å². The number of hydrogen-bond donors (Lipinski definition) is 1. The Labute approximate surface area is 231 Å². The third-order valence-electron chi connectivity index (χ3n) is 5.66. The number of hydrogen-bond acceptors (Lipinski definition) is 7. The van der Waals surface area contributed by atoms with Crippen molar-refractivity contribution in [1.82, 2.24) is 5.32 Å². The van der Waals surface area contributed by atoms with Gasteiger partial charge in [-0.15, -0.1) is 0 Å². The fraction of sp³-hybridized carbons (Fsp3) is 0.148. The number of para-hydroxylation sites is 1. The summed E-state index contributed by atoms with van der Waals surface area (Å²) in [4.78, 5) is 26.9. The number of carbonyl (C=O) groups excluding carboxylic acids is 2. The maximum Gasteiger partial charge on any atom is 0.270 e. The van der Waals surface area contributed by atoms with Crippen molar-refractivity contribution in [1.29, 1.82) is 0 Å². The number of nitrogens with one attached hydrogen (secondary N) is 1. The molecule has 5 rings (SSSR count). The lowest BCUT2D eigenvalue weighted by molar-refractivity contribution is -0.122. The number of nitrogens with zero attached hydrogens (tertiary/aromatic N) is 1. The summed E-state index contributed by atoms with van der Waals surface area (Å²) in [6, 6.07) is 14.5. The normalized spacial score (nSPS) is 15.6. The molecule has 0 unspecified atom stereocenters. The van der Waals surface area contributed by atoms with E-state index >= 15 is 0 Å². The molecule has 0 aromatic heterocycles. The van der Waals surface area contributed by atoms with Gasteiger partial charge in [-0.05, 0) is 88.7 Å². The molecule has 194 valence electrons. The molecule has 0 aliphatic carbocycles. The quantitative estimate of drug-likeness (QED) is 0.229. The van der Waals surface area contributed by atoms with E-state index in [1.807, 2.05) is 25.1 Å². The lowest BCUT2D eigenvalue weighted by atomic mass is 10.1. The highest BCUT2D eigenvalue weighted by Crippen LogP contribution is 2.39. The molecule has 1 fully saturated rings. The fourth-order valence-electron chi connectivity index (χ4n) is 3.94. The highest BCUT2D eigenvalue weighted by molar-refractivity contribution is 9.10. The Bertz CT molecular complexity index is 1490. The van der Waals surface area contributed by atoms with E-state index in [0.29, 0.717) is 39.6 Å². The molecule has 2 aliphatic heterocycles. The third-order valence-corrected chi connectivity index (χ3v) is 6.53. The molecule has 2 aliphatic rings. The van der Waals surface area contributed by atoms with Crippen molar-refractivity contribution in [3.05, 3.63) is 81.6 Å². The summed E-state index contributed by atoms with van der Waals surface area (Å²) >= 11 is 8.66. The number of rotatable bonds is 7. The summed E-state index contributed by atoms with van der Waals surface area (Å²) in [5.74, 6) is 0.0873. The van der Waals surface area contributed by atoms with Gasteiger partial charge >= 0.3 is 0 Å². The minimum atomic E-state index is -0.749. The lowest BCUT2D eigenvalue weighted by Gasteiger charge is -2.29. The Kier molecular flexibility index (Phi) is 7.30. The van der Waals surface area contributed by atoms with Gasteiger partial charge in [0, 0.05) is 0 Å². The van der Waals surface area contributed by atoms with Crippen LogP contribution in [0.15, 0.2) is 64.6 Å². The maximum absolute atomic E-state index is 14.4. The van der Waals surface area contributed by atoms with Gasteiger partial charge in [0.1, 0.15) is 18.0 Å². The van der Waals surface area contributed by atoms with E-state index in [-0.39, 0.29) is 29.8 Å². The summed E-state index contributed by atoms with van der Waals surface area (Å²) in [5, 5.41) is 2.25. The van der Waals surface area contributed by atoms with E-state index in [1.54, 1.807) is 18.2 Å². The molecule has 38 heavy (non-hydrogen) atoms. The third kappa shape index (κ3) is 5.07. The Morgan fingerprint density at radius 3 is 2.68 bits per heavy atom. The van der Waals surface area contributed by atoms with Crippen molar-refractivity contribution in [2.24, 2.45) is 0 Å². The van der Waals surface area contributed by atoms with Crippen LogP contribution in [0, 0.1) is 5.82 Å². The molecule has 3 aromatic carbocycles. The number of benzene rings is 3. The Morgan fingerprint density at radius 1 is 1.11 bits per heavy atom. The summed E-state index contributed by atoms with van der Waals surface area (Å²) in [6.45, 7) is 2.58. The fourth-order valence-corrected chi connectivity index (χ4v) is 4.78. The van der Waals surface area contributed by atoms with Gasteiger partial charge in [0.05, 0.1) is 16.8 Å². The van der Waals surface area contributed by atoms with Gasteiger partial charge < -0.3 is 18.9 Å². The number of amides is 2. The second-order valence-corrected chi connectivity index (χ2v) is 9.39. The minimum absolute atomic E-state index is 0.0585. The highest BCUT2D eigenvalue weighted by atomic mass is 79.9. The number of thiocarbonyl (C=S) groups is 1. The van der Waals surface area contributed by atoms with Gasteiger partial charge in [0.25, 0.3) is 11.8 Å². The lowest BCUT2D eigenvalue weighted by Crippen LogP contribution is -2.54. The zero-order valence-corrected chi connectivity index (χ0v) is 22.4. The number of anilines is 1. The number of fused-ring (bicyclic) bond motifs is 1. The highest BCUT2D eigenvalue weighted by Gasteiger charge is 2.35. The van der Waals surface area contributed by atoms with E-state index in [4.69, 9.17) is 31.2 Å². The molecule has 0 bridgehead atoms. The van der Waals surface area contributed by atoms with Crippen LogP contribution < -0.4 is 29.2 Å². The molecule has 0 atom stereocenters. The average molecular weight is 599 g/mol. The van der Waals surface area contributed by atoms with Gasteiger partial charge in [-0.3, -0.25) is 14.9 Å². The number of carbonyl (C=O) groups is 2. The molecule has 1 saturated heterocycles. The largest absolute Gasteiger partial charge is 0.490 e. The van der Waals surface area contributed by atoms with Gasteiger partial charge in [0.15, 0.2) is 28.1 Å². The molecular weight excluding hydrogens is 579 g/mol. The molecule has 0 radical (unpaired) electrons. The molecule has 0 spiro atoms. The zero-order chi connectivity index (χ0) is 26.8. The van der Waals surface area contributed by atoms with Crippen molar-refractivity contribution in [2.75, 3.05) is 18.3 Å². The van der Waals surface area contributed by atoms with Crippen molar-refractivity contribution >= 4 is 56.8 Å². The monoisotopic (exact) mass is 598 g/mol. The summed E-state index contributed by atoms with van der Waals surface area (Å²) < 4.78 is 37.6. The second kappa shape index (κ2) is 10.8. The molecule has 3 aromatic rings. The number of halogens is 2. The zero-order valence-electron chi connectivity index (χ0n) is 20.0. The molecule has 1 N–H and O–H groups in total. The van der Waals surface area contributed by atoms with Crippen LogP contribution in [0.5, 0.6) is 23.0 Å². The maximum atomic E-state index is 14.4. The van der Waals surface area contributed by atoms with E-state index in [0.717, 1.165) is 10.5 Å². The van der Waals surface area contributed by atoms with Gasteiger partial charge in [-0.25, -0.2) is 9.29 Å². The standard InChI is InChI=1S/C27H20BrFN2O6S/c1-2-34-23-12-16(10-18(28)24(23)35-13-15-7-8-21-22(11-15)37-14-36-21)9-17-25(32)30-27(38)31(26(17)33)20-6-4-3-5-19(20)29/h3-12H,2,13-14H2,1H3,(H,30,32,38)/b17-9+. The summed E-state index contributed by atoms with van der Waals surface area (Å²) in [5.41, 5.74) is 1.07. The van der Waals surface area contributed by atoms with E-state index < -0.39 is 17.6 Å². The van der Waals surface area contributed by atoms with Gasteiger partial charge in [-0.1, -0.05) is 18.2 Å². The smallest absolute Gasteiger partial charge is 0.270 e. The van der Waals surface area contributed by atoms with E-state index in [9.17, 15) is 14.0 Å². The van der Waals surface area contributed by atoms with E-state index in [1.165, 1.54) is 24.3 Å². The van der Waals surface area contributed by atoms with Crippen LogP contribution in [-0.4, -0.2) is 30.3 Å². The van der Waals surface area contributed by atoms with Crippen LogP contribution in [0.4, 0.5) is 10.1 Å². The van der Waals surface area contributed by atoms with Crippen LogP contribution in [-0.2, 0) is 16.2 Å². The Balaban J connectivity index is 1.44. The van der Waals surface area contributed by atoms with Crippen molar-refractivity contribution in [2.45, 2.75) is 13.5 Å². The van der Waals surface area contributed by atoms with Crippen molar-refractivity contribution in [3.63, 3.8) is 0 Å². The predicted molar refractivity (Wildman–Crippen MR) is 145 cm³/mol. The Hall–Kier alpha value is -3.96. The summed E-state index contributed by atoms with van der Waals surface area (Å²) in [7, 11) is 0. The average Bonchev–Trinajstić information content (AvgIpc) is 3.35.